The Bertz CT molecular complexity index is 598. The van der Waals surface area contributed by atoms with E-state index in [4.69, 9.17) is 5.73 Å². The van der Waals surface area contributed by atoms with E-state index in [1.165, 1.54) is 12.3 Å². The second-order valence-electron chi connectivity index (χ2n) is 4.49. The average Bonchev–Trinajstić information content (AvgIpc) is 2.48. The Hall–Kier alpha value is -2.27. The normalized spacial score (nSPS) is 11.9. The third kappa shape index (κ3) is 3.39. The summed E-state index contributed by atoms with van der Waals surface area (Å²) in [5.74, 6) is -0.708. The fourth-order valence-electron chi connectivity index (χ4n) is 1.92. The summed E-state index contributed by atoms with van der Waals surface area (Å²) in [6.07, 6.45) is 1.48. The van der Waals surface area contributed by atoms with E-state index >= 15 is 0 Å². The SMILES string of the molecule is C[C@H](NC(=O)CN)c1cccc(-c2ccc(F)nc2)c1. The molecule has 0 aliphatic carbocycles. The van der Waals surface area contributed by atoms with Gasteiger partial charge in [-0.1, -0.05) is 18.2 Å². The first-order valence-corrected chi connectivity index (χ1v) is 6.31. The van der Waals surface area contributed by atoms with Crippen LogP contribution < -0.4 is 11.1 Å². The molecule has 20 heavy (non-hydrogen) atoms. The molecule has 4 nitrogen and oxygen atoms in total. The maximum Gasteiger partial charge on any atom is 0.234 e. The first-order valence-electron chi connectivity index (χ1n) is 6.31. The van der Waals surface area contributed by atoms with Crippen LogP contribution >= 0.6 is 0 Å². The summed E-state index contributed by atoms with van der Waals surface area (Å²) in [6, 6.07) is 10.5. The predicted octanol–water partition coefficient (Wildman–Crippen LogP) is 2.02. The van der Waals surface area contributed by atoms with Crippen molar-refractivity contribution in [3.05, 3.63) is 54.1 Å². The van der Waals surface area contributed by atoms with Gasteiger partial charge in [0, 0.05) is 11.8 Å². The molecule has 0 bridgehead atoms. The monoisotopic (exact) mass is 273 g/mol. The van der Waals surface area contributed by atoms with E-state index in [2.05, 4.69) is 10.3 Å². The molecule has 0 saturated carbocycles. The van der Waals surface area contributed by atoms with E-state index in [1.807, 2.05) is 31.2 Å². The van der Waals surface area contributed by atoms with E-state index in [0.717, 1.165) is 16.7 Å². The summed E-state index contributed by atoms with van der Waals surface area (Å²) < 4.78 is 12.8. The van der Waals surface area contributed by atoms with Crippen molar-refractivity contribution in [1.82, 2.24) is 10.3 Å². The highest BCUT2D eigenvalue weighted by Gasteiger charge is 2.09. The number of nitrogens with one attached hydrogen (secondary N) is 1. The van der Waals surface area contributed by atoms with Gasteiger partial charge in [0.25, 0.3) is 0 Å². The molecular weight excluding hydrogens is 257 g/mol. The molecule has 3 N–H and O–H groups in total. The van der Waals surface area contributed by atoms with Crippen molar-refractivity contribution in [1.29, 1.82) is 0 Å². The number of nitrogens with two attached hydrogens (primary N) is 1. The van der Waals surface area contributed by atoms with Crippen LogP contribution in [0.1, 0.15) is 18.5 Å². The van der Waals surface area contributed by atoms with Crippen molar-refractivity contribution in [2.75, 3.05) is 6.54 Å². The zero-order valence-corrected chi connectivity index (χ0v) is 11.1. The van der Waals surface area contributed by atoms with Gasteiger partial charge in [-0.2, -0.15) is 4.39 Å². The lowest BCUT2D eigenvalue weighted by atomic mass is 10.0. The molecule has 0 aliphatic heterocycles. The molecule has 1 aromatic heterocycles. The molecule has 0 saturated heterocycles. The lowest BCUT2D eigenvalue weighted by Crippen LogP contribution is -2.32. The minimum atomic E-state index is -0.506. The number of halogens is 1. The first kappa shape index (κ1) is 14.1. The summed E-state index contributed by atoms with van der Waals surface area (Å²) >= 11 is 0. The van der Waals surface area contributed by atoms with E-state index in [1.54, 1.807) is 6.07 Å². The number of hydrogen-bond acceptors (Lipinski definition) is 3. The largest absolute Gasteiger partial charge is 0.348 e. The van der Waals surface area contributed by atoms with Crippen LogP contribution in [0, 0.1) is 5.95 Å². The number of amides is 1. The van der Waals surface area contributed by atoms with E-state index in [0.29, 0.717) is 0 Å². The van der Waals surface area contributed by atoms with Crippen LogP contribution in [-0.4, -0.2) is 17.4 Å². The molecule has 5 heteroatoms. The second kappa shape index (κ2) is 6.25. The number of carbonyl (C=O) groups is 1. The molecule has 1 heterocycles. The summed E-state index contributed by atoms with van der Waals surface area (Å²) in [4.78, 5) is 14.9. The van der Waals surface area contributed by atoms with Crippen molar-refractivity contribution < 1.29 is 9.18 Å². The summed E-state index contributed by atoms with van der Waals surface area (Å²) in [5.41, 5.74) is 7.98. The van der Waals surface area contributed by atoms with Crippen molar-refractivity contribution in [2.24, 2.45) is 5.73 Å². The molecule has 0 spiro atoms. The Kier molecular flexibility index (Phi) is 4.42. The van der Waals surface area contributed by atoms with Gasteiger partial charge in [-0.05, 0) is 36.2 Å². The van der Waals surface area contributed by atoms with Crippen LogP contribution in [0.5, 0.6) is 0 Å². The highest BCUT2D eigenvalue weighted by molar-refractivity contribution is 5.78. The lowest BCUT2D eigenvalue weighted by molar-refractivity contribution is -0.120. The number of hydrogen-bond donors (Lipinski definition) is 2. The van der Waals surface area contributed by atoms with E-state index < -0.39 is 5.95 Å². The molecule has 2 aromatic rings. The Labute approximate surface area is 116 Å². The van der Waals surface area contributed by atoms with Gasteiger partial charge in [0.15, 0.2) is 0 Å². The molecule has 104 valence electrons. The van der Waals surface area contributed by atoms with Crippen molar-refractivity contribution in [3.8, 4) is 11.1 Å². The van der Waals surface area contributed by atoms with Gasteiger partial charge in [0.05, 0.1) is 12.6 Å². The van der Waals surface area contributed by atoms with Gasteiger partial charge in [-0.15, -0.1) is 0 Å². The van der Waals surface area contributed by atoms with Gasteiger partial charge >= 0.3 is 0 Å². The van der Waals surface area contributed by atoms with Gasteiger partial charge in [-0.25, -0.2) is 4.98 Å². The van der Waals surface area contributed by atoms with Crippen molar-refractivity contribution in [3.63, 3.8) is 0 Å². The predicted molar refractivity (Wildman–Crippen MR) is 75.2 cm³/mol. The molecule has 1 aromatic carbocycles. The molecular formula is C15H16FN3O. The van der Waals surface area contributed by atoms with Crippen LogP contribution in [0.15, 0.2) is 42.6 Å². The van der Waals surface area contributed by atoms with Gasteiger partial charge in [-0.3, -0.25) is 4.79 Å². The standard InChI is InChI=1S/C15H16FN3O/c1-10(19-15(20)8-17)11-3-2-4-12(7-11)13-5-6-14(16)18-9-13/h2-7,9-10H,8,17H2,1H3,(H,19,20)/t10-/m0/s1. The number of pyridine rings is 1. The quantitative estimate of drug-likeness (QED) is 0.837. The molecule has 0 fully saturated rings. The maximum absolute atomic E-state index is 12.8. The third-order valence-electron chi connectivity index (χ3n) is 3.01. The topological polar surface area (TPSA) is 68.0 Å². The molecule has 1 atom stereocenters. The maximum atomic E-state index is 12.8. The van der Waals surface area contributed by atoms with Crippen molar-refractivity contribution >= 4 is 5.91 Å². The first-order chi connectivity index (χ1) is 9.60. The number of benzene rings is 1. The fourth-order valence-corrected chi connectivity index (χ4v) is 1.92. The summed E-state index contributed by atoms with van der Waals surface area (Å²) in [7, 11) is 0. The molecule has 0 radical (unpaired) electrons. The van der Waals surface area contributed by atoms with Gasteiger partial charge < -0.3 is 11.1 Å². The highest BCUT2D eigenvalue weighted by atomic mass is 19.1. The third-order valence-corrected chi connectivity index (χ3v) is 3.01. The van der Waals surface area contributed by atoms with Crippen LogP contribution in [-0.2, 0) is 4.79 Å². The zero-order valence-electron chi connectivity index (χ0n) is 11.1. The zero-order chi connectivity index (χ0) is 14.5. The minimum Gasteiger partial charge on any atom is -0.348 e. The molecule has 1 amide bonds. The second-order valence-corrected chi connectivity index (χ2v) is 4.49. The van der Waals surface area contributed by atoms with Crippen LogP contribution in [0.3, 0.4) is 0 Å². The molecule has 0 unspecified atom stereocenters. The average molecular weight is 273 g/mol. The van der Waals surface area contributed by atoms with Gasteiger partial charge in [0.1, 0.15) is 0 Å². The van der Waals surface area contributed by atoms with E-state index in [9.17, 15) is 9.18 Å². The minimum absolute atomic E-state index is 0.0358. The Morgan fingerprint density at radius 2 is 2.15 bits per heavy atom. The van der Waals surface area contributed by atoms with Crippen LogP contribution in [0.25, 0.3) is 11.1 Å². The Morgan fingerprint density at radius 1 is 1.35 bits per heavy atom. The van der Waals surface area contributed by atoms with Crippen molar-refractivity contribution in [2.45, 2.75) is 13.0 Å². The van der Waals surface area contributed by atoms with Crippen LogP contribution in [0.4, 0.5) is 4.39 Å². The number of rotatable bonds is 4. The van der Waals surface area contributed by atoms with Crippen LogP contribution in [0.2, 0.25) is 0 Å². The molecule has 2 rings (SSSR count). The molecule has 0 aliphatic rings. The smallest absolute Gasteiger partial charge is 0.234 e. The number of aromatic nitrogens is 1. The summed E-state index contributed by atoms with van der Waals surface area (Å²) in [5, 5.41) is 2.79. The lowest BCUT2D eigenvalue weighted by Gasteiger charge is -2.14. The fraction of sp³-hybridized carbons (Fsp3) is 0.200. The summed E-state index contributed by atoms with van der Waals surface area (Å²) in [6.45, 7) is 1.85. The number of carbonyl (C=O) groups excluding carboxylic acids is 1. The van der Waals surface area contributed by atoms with E-state index in [-0.39, 0.29) is 18.5 Å². The Balaban J connectivity index is 2.23. The Morgan fingerprint density at radius 3 is 2.80 bits per heavy atom. The van der Waals surface area contributed by atoms with Gasteiger partial charge in [0.2, 0.25) is 11.9 Å². The highest BCUT2D eigenvalue weighted by Crippen LogP contribution is 2.22. The number of nitrogens with zero attached hydrogens (tertiary/aromatic N) is 1.